The normalized spacial score (nSPS) is 15.4. The molecule has 0 bridgehead atoms. The van der Waals surface area contributed by atoms with E-state index in [9.17, 15) is 4.79 Å². The van der Waals surface area contributed by atoms with Crippen LogP contribution in [-0.2, 0) is 0 Å². The zero-order valence-corrected chi connectivity index (χ0v) is 11.1. The topological polar surface area (TPSA) is 83.3 Å². The maximum Gasteiger partial charge on any atom is 0.251 e. The number of anilines is 1. The SMILES string of the molecule is NNc1cc(C(=O)NCCCN2CCCC2)ccn1. The average Bonchev–Trinajstić information content (AvgIpc) is 2.96. The van der Waals surface area contributed by atoms with Crippen molar-refractivity contribution in [3.8, 4) is 0 Å². The summed E-state index contributed by atoms with van der Waals surface area (Å²) in [5.74, 6) is 5.67. The lowest BCUT2D eigenvalue weighted by Gasteiger charge is -2.14. The fourth-order valence-corrected chi connectivity index (χ4v) is 2.26. The van der Waals surface area contributed by atoms with Crippen LogP contribution in [-0.4, -0.2) is 42.0 Å². The number of carbonyl (C=O) groups is 1. The average molecular weight is 263 g/mol. The molecule has 1 aromatic heterocycles. The van der Waals surface area contributed by atoms with Crippen LogP contribution in [0.1, 0.15) is 29.6 Å². The lowest BCUT2D eigenvalue weighted by atomic mass is 10.2. The summed E-state index contributed by atoms with van der Waals surface area (Å²) in [6, 6.07) is 3.31. The summed E-state index contributed by atoms with van der Waals surface area (Å²) in [4.78, 5) is 18.3. The number of hydrazine groups is 1. The van der Waals surface area contributed by atoms with Crippen LogP contribution in [0.25, 0.3) is 0 Å². The van der Waals surface area contributed by atoms with Gasteiger partial charge >= 0.3 is 0 Å². The van der Waals surface area contributed by atoms with Gasteiger partial charge in [-0.05, 0) is 51.0 Å². The Morgan fingerprint density at radius 2 is 2.21 bits per heavy atom. The van der Waals surface area contributed by atoms with Crippen LogP contribution in [0.5, 0.6) is 0 Å². The summed E-state index contributed by atoms with van der Waals surface area (Å²) >= 11 is 0. The summed E-state index contributed by atoms with van der Waals surface area (Å²) in [5.41, 5.74) is 3.00. The molecule has 4 N–H and O–H groups in total. The molecule has 0 unspecified atom stereocenters. The number of rotatable bonds is 6. The number of likely N-dealkylation sites (tertiary alicyclic amines) is 1. The molecule has 0 aromatic carbocycles. The molecule has 6 nitrogen and oxygen atoms in total. The Bertz CT molecular complexity index is 417. The molecule has 0 spiro atoms. The second kappa shape index (κ2) is 7.06. The van der Waals surface area contributed by atoms with Gasteiger partial charge in [0.25, 0.3) is 5.91 Å². The molecule has 0 atom stereocenters. The number of pyridine rings is 1. The van der Waals surface area contributed by atoms with Gasteiger partial charge < -0.3 is 15.6 Å². The van der Waals surface area contributed by atoms with Crippen molar-refractivity contribution in [2.75, 3.05) is 31.6 Å². The van der Waals surface area contributed by atoms with E-state index in [4.69, 9.17) is 5.84 Å². The number of hydrogen-bond acceptors (Lipinski definition) is 5. The van der Waals surface area contributed by atoms with Crippen LogP contribution in [0.3, 0.4) is 0 Å². The first-order valence-electron chi connectivity index (χ1n) is 6.73. The van der Waals surface area contributed by atoms with Crippen molar-refractivity contribution >= 4 is 11.7 Å². The third kappa shape index (κ3) is 4.18. The summed E-state index contributed by atoms with van der Waals surface area (Å²) in [6.07, 6.45) is 5.16. The van der Waals surface area contributed by atoms with Crippen LogP contribution < -0.4 is 16.6 Å². The monoisotopic (exact) mass is 263 g/mol. The zero-order chi connectivity index (χ0) is 13.5. The number of carbonyl (C=O) groups excluding carboxylic acids is 1. The third-order valence-corrected chi connectivity index (χ3v) is 3.31. The van der Waals surface area contributed by atoms with Gasteiger partial charge in [0, 0.05) is 18.3 Å². The fourth-order valence-electron chi connectivity index (χ4n) is 2.26. The maximum absolute atomic E-state index is 11.9. The van der Waals surface area contributed by atoms with E-state index < -0.39 is 0 Å². The number of nitrogens with one attached hydrogen (secondary N) is 2. The van der Waals surface area contributed by atoms with Crippen LogP contribution in [0, 0.1) is 0 Å². The lowest BCUT2D eigenvalue weighted by Crippen LogP contribution is -2.28. The Kier molecular flexibility index (Phi) is 5.11. The van der Waals surface area contributed by atoms with Crippen LogP contribution in [0.2, 0.25) is 0 Å². The molecule has 104 valence electrons. The highest BCUT2D eigenvalue weighted by Crippen LogP contribution is 2.07. The van der Waals surface area contributed by atoms with Gasteiger partial charge in [-0.2, -0.15) is 0 Å². The molecule has 0 radical (unpaired) electrons. The highest BCUT2D eigenvalue weighted by molar-refractivity contribution is 5.94. The number of nitrogen functional groups attached to an aromatic ring is 1. The molecule has 6 heteroatoms. The Morgan fingerprint density at radius 3 is 2.95 bits per heavy atom. The Morgan fingerprint density at radius 1 is 1.42 bits per heavy atom. The first kappa shape index (κ1) is 13.8. The minimum absolute atomic E-state index is 0.0830. The molecule has 2 rings (SSSR count). The Hall–Kier alpha value is -1.66. The number of nitrogens with zero attached hydrogens (tertiary/aromatic N) is 2. The summed E-state index contributed by atoms with van der Waals surface area (Å²) in [5, 5.41) is 2.91. The molecule has 1 aliphatic rings. The van der Waals surface area contributed by atoms with E-state index in [0.29, 0.717) is 17.9 Å². The van der Waals surface area contributed by atoms with Gasteiger partial charge in [-0.1, -0.05) is 0 Å². The predicted molar refractivity (Wildman–Crippen MR) is 74.7 cm³/mol. The zero-order valence-electron chi connectivity index (χ0n) is 11.1. The van der Waals surface area contributed by atoms with Gasteiger partial charge in [-0.3, -0.25) is 4.79 Å². The van der Waals surface area contributed by atoms with E-state index >= 15 is 0 Å². The van der Waals surface area contributed by atoms with Crippen molar-refractivity contribution in [3.63, 3.8) is 0 Å². The van der Waals surface area contributed by atoms with E-state index in [1.165, 1.54) is 25.9 Å². The molecular formula is C13H21N5O. The van der Waals surface area contributed by atoms with Crippen molar-refractivity contribution in [2.45, 2.75) is 19.3 Å². The van der Waals surface area contributed by atoms with Gasteiger partial charge in [0.05, 0.1) is 0 Å². The van der Waals surface area contributed by atoms with Crippen LogP contribution in [0.4, 0.5) is 5.82 Å². The van der Waals surface area contributed by atoms with Gasteiger partial charge in [-0.15, -0.1) is 0 Å². The van der Waals surface area contributed by atoms with Crippen molar-refractivity contribution in [2.24, 2.45) is 5.84 Å². The summed E-state index contributed by atoms with van der Waals surface area (Å²) in [6.45, 7) is 4.16. The van der Waals surface area contributed by atoms with E-state index in [-0.39, 0.29) is 5.91 Å². The Labute approximate surface area is 113 Å². The molecule has 1 aromatic rings. The minimum Gasteiger partial charge on any atom is -0.352 e. The molecule has 0 aliphatic carbocycles. The van der Waals surface area contributed by atoms with Gasteiger partial charge in [0.1, 0.15) is 5.82 Å². The molecule has 19 heavy (non-hydrogen) atoms. The largest absolute Gasteiger partial charge is 0.352 e. The quantitative estimate of drug-likeness (QED) is 0.397. The number of amides is 1. The number of nitrogens with two attached hydrogens (primary N) is 1. The van der Waals surface area contributed by atoms with E-state index in [1.807, 2.05) is 0 Å². The second-order valence-electron chi connectivity index (χ2n) is 4.73. The fraction of sp³-hybridized carbons (Fsp3) is 0.538. The van der Waals surface area contributed by atoms with E-state index in [1.54, 1.807) is 18.3 Å². The van der Waals surface area contributed by atoms with E-state index in [0.717, 1.165) is 13.0 Å². The van der Waals surface area contributed by atoms with Gasteiger partial charge in [0.15, 0.2) is 0 Å². The predicted octanol–water partition coefficient (Wildman–Crippen LogP) is 0.583. The third-order valence-electron chi connectivity index (χ3n) is 3.31. The summed E-state index contributed by atoms with van der Waals surface area (Å²) in [7, 11) is 0. The van der Waals surface area contributed by atoms with E-state index in [2.05, 4.69) is 20.6 Å². The highest BCUT2D eigenvalue weighted by atomic mass is 16.1. The first-order chi connectivity index (χ1) is 9.29. The minimum atomic E-state index is -0.0830. The lowest BCUT2D eigenvalue weighted by molar-refractivity contribution is 0.0952. The standard InChI is InChI=1S/C13H21N5O/c14-17-12-10-11(4-6-15-12)13(19)16-5-3-9-18-7-1-2-8-18/h4,6,10H,1-3,5,7-9,14H2,(H,15,17)(H,16,19). The molecule has 1 aliphatic heterocycles. The van der Waals surface area contributed by atoms with Crippen molar-refractivity contribution < 1.29 is 4.79 Å². The molecule has 1 saturated heterocycles. The first-order valence-corrected chi connectivity index (χ1v) is 6.73. The number of hydrogen-bond donors (Lipinski definition) is 3. The van der Waals surface area contributed by atoms with Crippen LogP contribution >= 0.6 is 0 Å². The summed E-state index contributed by atoms with van der Waals surface area (Å²) < 4.78 is 0. The van der Waals surface area contributed by atoms with Crippen molar-refractivity contribution in [1.29, 1.82) is 0 Å². The second-order valence-corrected chi connectivity index (χ2v) is 4.73. The molecule has 0 saturated carbocycles. The number of aromatic nitrogens is 1. The van der Waals surface area contributed by atoms with Gasteiger partial charge in [0.2, 0.25) is 0 Å². The van der Waals surface area contributed by atoms with Crippen molar-refractivity contribution in [3.05, 3.63) is 23.9 Å². The Balaban J connectivity index is 1.71. The molecular weight excluding hydrogens is 242 g/mol. The smallest absolute Gasteiger partial charge is 0.251 e. The highest BCUT2D eigenvalue weighted by Gasteiger charge is 2.11. The van der Waals surface area contributed by atoms with Crippen LogP contribution in [0.15, 0.2) is 18.3 Å². The molecule has 2 heterocycles. The maximum atomic E-state index is 11.9. The van der Waals surface area contributed by atoms with Gasteiger partial charge in [-0.25, -0.2) is 10.8 Å². The molecule has 1 fully saturated rings. The van der Waals surface area contributed by atoms with Crippen molar-refractivity contribution in [1.82, 2.24) is 15.2 Å². The molecule has 1 amide bonds.